The normalized spacial score (nSPS) is 9.50. The molecule has 0 heterocycles. The van der Waals surface area contributed by atoms with E-state index in [1.807, 2.05) is 6.07 Å². The monoisotopic (exact) mass is 198 g/mol. The van der Waals surface area contributed by atoms with Crippen molar-refractivity contribution >= 4 is 23.2 Å². The highest BCUT2D eigenvalue weighted by atomic mass is 35.5. The summed E-state index contributed by atoms with van der Waals surface area (Å²) in [6.45, 7) is 3.69. The van der Waals surface area contributed by atoms with Gasteiger partial charge in [-0.3, -0.25) is 0 Å². The number of rotatable bonds is 1. The van der Waals surface area contributed by atoms with Crippen LogP contribution in [0.3, 0.4) is 0 Å². The molecule has 1 nitrogen and oxygen atoms in total. The van der Waals surface area contributed by atoms with E-state index in [-0.39, 0.29) is 0 Å². The second-order valence-electron chi connectivity index (χ2n) is 2.30. The molecule has 0 N–H and O–H groups in total. The maximum atomic E-state index is 8.65. The summed E-state index contributed by atoms with van der Waals surface area (Å²) in [5.74, 6) is 0. The van der Waals surface area contributed by atoms with E-state index in [1.165, 1.54) is 0 Å². The Hall–Kier alpha value is -0.710. The molecule has 0 atom stereocenters. The Balaban J connectivity index is 3.31. The molecule has 1 radical (unpaired) electrons. The van der Waals surface area contributed by atoms with E-state index in [0.29, 0.717) is 22.0 Å². The summed E-state index contributed by atoms with van der Waals surface area (Å²) >= 11 is 11.5. The van der Waals surface area contributed by atoms with E-state index in [1.54, 1.807) is 12.1 Å². The number of hydrogen-bond acceptors (Lipinski definition) is 1. The van der Waals surface area contributed by atoms with Gasteiger partial charge in [-0.15, -0.1) is 0 Å². The molecule has 61 valence electrons. The summed E-state index contributed by atoms with van der Waals surface area (Å²) in [4.78, 5) is 0. The highest BCUT2D eigenvalue weighted by Crippen LogP contribution is 2.27. The van der Waals surface area contributed by atoms with Crippen molar-refractivity contribution in [2.45, 2.75) is 6.42 Å². The number of halogens is 2. The SMILES string of the molecule is [CH2]Cc1cc(Cl)c(Cl)c(C#N)c1. The first kappa shape index (κ1) is 9.38. The fourth-order valence-corrected chi connectivity index (χ4v) is 1.26. The molecule has 0 bridgehead atoms. The third kappa shape index (κ3) is 1.72. The van der Waals surface area contributed by atoms with E-state index >= 15 is 0 Å². The second-order valence-corrected chi connectivity index (χ2v) is 3.09. The molecule has 0 fully saturated rings. The van der Waals surface area contributed by atoms with Gasteiger partial charge in [0.05, 0.1) is 15.6 Å². The average Bonchev–Trinajstić information content (AvgIpc) is 2.09. The fraction of sp³-hybridized carbons (Fsp3) is 0.111. The Bertz CT molecular complexity index is 339. The van der Waals surface area contributed by atoms with Crippen LogP contribution in [0.5, 0.6) is 0 Å². The van der Waals surface area contributed by atoms with Gasteiger partial charge >= 0.3 is 0 Å². The van der Waals surface area contributed by atoms with Crippen molar-refractivity contribution in [3.8, 4) is 6.07 Å². The van der Waals surface area contributed by atoms with Gasteiger partial charge in [0.25, 0.3) is 0 Å². The summed E-state index contributed by atoms with van der Waals surface area (Å²) in [5, 5.41) is 9.38. The molecule has 1 rings (SSSR count). The summed E-state index contributed by atoms with van der Waals surface area (Å²) in [6, 6.07) is 5.38. The molecule has 0 saturated heterocycles. The molecule has 1 aromatic rings. The summed E-state index contributed by atoms with van der Waals surface area (Å²) in [6.07, 6.45) is 0.603. The molecular weight excluding hydrogens is 193 g/mol. The van der Waals surface area contributed by atoms with Crippen LogP contribution in [-0.2, 0) is 6.42 Å². The van der Waals surface area contributed by atoms with Crippen molar-refractivity contribution < 1.29 is 0 Å². The van der Waals surface area contributed by atoms with Crippen LogP contribution >= 0.6 is 23.2 Å². The predicted octanol–water partition coefficient (Wildman–Crippen LogP) is 3.24. The first-order chi connectivity index (χ1) is 5.69. The highest BCUT2D eigenvalue weighted by Gasteiger charge is 2.05. The maximum absolute atomic E-state index is 8.65. The van der Waals surface area contributed by atoms with Gasteiger partial charge in [-0.05, 0) is 31.0 Å². The Labute approximate surface area is 81.5 Å². The smallest absolute Gasteiger partial charge is 0.101 e. The molecule has 3 heteroatoms. The van der Waals surface area contributed by atoms with Gasteiger partial charge in [0.1, 0.15) is 6.07 Å². The van der Waals surface area contributed by atoms with E-state index in [4.69, 9.17) is 28.5 Å². The second kappa shape index (κ2) is 3.80. The topological polar surface area (TPSA) is 23.8 Å². The lowest BCUT2D eigenvalue weighted by Gasteiger charge is -2.01. The molecule has 0 aliphatic rings. The van der Waals surface area contributed by atoms with E-state index in [0.717, 1.165) is 5.56 Å². The lowest BCUT2D eigenvalue weighted by atomic mass is 10.1. The predicted molar refractivity (Wildman–Crippen MR) is 50.2 cm³/mol. The number of benzene rings is 1. The summed E-state index contributed by atoms with van der Waals surface area (Å²) in [7, 11) is 0. The van der Waals surface area contributed by atoms with Crippen molar-refractivity contribution in [3.05, 3.63) is 40.2 Å². The lowest BCUT2D eigenvalue weighted by Crippen LogP contribution is -1.85. The largest absolute Gasteiger partial charge is 0.192 e. The highest BCUT2D eigenvalue weighted by molar-refractivity contribution is 6.42. The zero-order chi connectivity index (χ0) is 9.14. The maximum Gasteiger partial charge on any atom is 0.101 e. The Morgan fingerprint density at radius 1 is 1.42 bits per heavy atom. The van der Waals surface area contributed by atoms with Crippen molar-refractivity contribution in [1.82, 2.24) is 0 Å². The number of nitrogens with zero attached hydrogens (tertiary/aromatic N) is 1. The Kier molecular flexibility index (Phi) is 2.97. The van der Waals surface area contributed by atoms with Crippen molar-refractivity contribution in [3.63, 3.8) is 0 Å². The molecule has 0 amide bonds. The van der Waals surface area contributed by atoms with Gasteiger partial charge in [0.15, 0.2) is 0 Å². The summed E-state index contributed by atoms with van der Waals surface area (Å²) in [5.41, 5.74) is 1.32. The molecule has 1 aromatic carbocycles. The molecule has 12 heavy (non-hydrogen) atoms. The van der Waals surface area contributed by atoms with E-state index < -0.39 is 0 Å². The van der Waals surface area contributed by atoms with Gasteiger partial charge < -0.3 is 0 Å². The first-order valence-corrected chi connectivity index (χ1v) is 4.12. The van der Waals surface area contributed by atoms with Crippen LogP contribution in [0.2, 0.25) is 10.0 Å². The minimum Gasteiger partial charge on any atom is -0.192 e. The van der Waals surface area contributed by atoms with Gasteiger partial charge in [0.2, 0.25) is 0 Å². The third-order valence-electron chi connectivity index (χ3n) is 1.50. The van der Waals surface area contributed by atoms with Crippen molar-refractivity contribution in [1.29, 1.82) is 5.26 Å². The Morgan fingerprint density at radius 3 is 2.58 bits per heavy atom. The molecule has 0 aliphatic heterocycles. The zero-order valence-electron chi connectivity index (χ0n) is 6.27. The van der Waals surface area contributed by atoms with Crippen LogP contribution in [0, 0.1) is 18.3 Å². The number of hydrogen-bond donors (Lipinski definition) is 0. The molecular formula is C9H6Cl2N. The van der Waals surface area contributed by atoms with Gasteiger partial charge in [-0.25, -0.2) is 0 Å². The number of nitriles is 1. The van der Waals surface area contributed by atoms with Crippen molar-refractivity contribution in [2.75, 3.05) is 0 Å². The van der Waals surface area contributed by atoms with Crippen LogP contribution in [0.15, 0.2) is 12.1 Å². The molecule has 0 unspecified atom stereocenters. The van der Waals surface area contributed by atoms with Crippen molar-refractivity contribution in [2.24, 2.45) is 0 Å². The standard InChI is InChI=1S/C9H6Cl2N/c1-2-6-3-7(5-12)9(11)8(10)4-6/h3-4H,1-2H2. The minimum absolute atomic E-state index is 0.316. The molecule has 0 spiro atoms. The van der Waals surface area contributed by atoms with Crippen LogP contribution in [0.25, 0.3) is 0 Å². The van der Waals surface area contributed by atoms with Crippen LogP contribution in [0.4, 0.5) is 0 Å². The molecule has 0 saturated carbocycles. The third-order valence-corrected chi connectivity index (χ3v) is 2.30. The lowest BCUT2D eigenvalue weighted by molar-refractivity contribution is 1.26. The van der Waals surface area contributed by atoms with Gasteiger partial charge in [0, 0.05) is 0 Å². The first-order valence-electron chi connectivity index (χ1n) is 3.36. The van der Waals surface area contributed by atoms with Crippen LogP contribution in [-0.4, -0.2) is 0 Å². The van der Waals surface area contributed by atoms with Crippen LogP contribution < -0.4 is 0 Å². The molecule has 0 aliphatic carbocycles. The quantitative estimate of drug-likeness (QED) is 0.680. The molecule has 0 aromatic heterocycles. The zero-order valence-corrected chi connectivity index (χ0v) is 7.78. The van der Waals surface area contributed by atoms with Gasteiger partial charge in [-0.1, -0.05) is 23.2 Å². The summed E-state index contributed by atoms with van der Waals surface area (Å²) < 4.78 is 0. The van der Waals surface area contributed by atoms with Gasteiger partial charge in [-0.2, -0.15) is 5.26 Å². The average molecular weight is 199 g/mol. The fourth-order valence-electron chi connectivity index (χ4n) is 0.871. The van der Waals surface area contributed by atoms with Crippen LogP contribution in [0.1, 0.15) is 11.1 Å². The van der Waals surface area contributed by atoms with E-state index in [9.17, 15) is 0 Å². The van der Waals surface area contributed by atoms with E-state index in [2.05, 4.69) is 6.92 Å². The minimum atomic E-state index is 0.316. The Morgan fingerprint density at radius 2 is 2.08 bits per heavy atom.